The monoisotopic (exact) mass is 228 g/mol. The SMILES string of the molecule is CCC=O.Cc1ccc(C=O)c2ccccc12. The summed E-state index contributed by atoms with van der Waals surface area (Å²) in [5, 5.41) is 2.20. The van der Waals surface area contributed by atoms with E-state index in [0.29, 0.717) is 6.42 Å². The summed E-state index contributed by atoms with van der Waals surface area (Å²) < 4.78 is 0. The van der Waals surface area contributed by atoms with E-state index in [1.165, 1.54) is 5.56 Å². The molecule has 0 fully saturated rings. The van der Waals surface area contributed by atoms with E-state index in [2.05, 4.69) is 6.92 Å². The summed E-state index contributed by atoms with van der Waals surface area (Å²) in [5.41, 5.74) is 1.97. The van der Waals surface area contributed by atoms with Crippen LogP contribution in [0.4, 0.5) is 0 Å². The topological polar surface area (TPSA) is 34.1 Å². The van der Waals surface area contributed by atoms with Gasteiger partial charge < -0.3 is 4.79 Å². The highest BCUT2D eigenvalue weighted by atomic mass is 16.1. The van der Waals surface area contributed by atoms with Crippen LogP contribution in [-0.2, 0) is 4.79 Å². The van der Waals surface area contributed by atoms with Gasteiger partial charge in [0.15, 0.2) is 6.29 Å². The Morgan fingerprint density at radius 1 is 1.00 bits per heavy atom. The van der Waals surface area contributed by atoms with Crippen LogP contribution in [0.3, 0.4) is 0 Å². The zero-order chi connectivity index (χ0) is 12.7. The Hall–Kier alpha value is -1.96. The first-order valence-corrected chi connectivity index (χ1v) is 5.61. The molecule has 0 atom stereocenters. The van der Waals surface area contributed by atoms with Crippen LogP contribution < -0.4 is 0 Å². The number of aldehydes is 2. The minimum absolute atomic E-state index is 0.639. The van der Waals surface area contributed by atoms with Gasteiger partial charge in [-0.25, -0.2) is 0 Å². The van der Waals surface area contributed by atoms with Gasteiger partial charge in [-0.1, -0.05) is 43.3 Å². The first kappa shape index (κ1) is 13.1. The molecule has 0 N–H and O–H groups in total. The van der Waals surface area contributed by atoms with Crippen LogP contribution in [0.2, 0.25) is 0 Å². The third-order valence-corrected chi connectivity index (χ3v) is 2.47. The molecule has 0 heterocycles. The standard InChI is InChI=1S/C12H10O.C3H6O/c1-9-6-7-10(8-13)12-5-3-2-4-11(9)12;1-2-3-4/h2-8H,1H3;3H,2H2,1H3. The van der Waals surface area contributed by atoms with E-state index in [-0.39, 0.29) is 0 Å². The average molecular weight is 228 g/mol. The third kappa shape index (κ3) is 3.25. The number of carbonyl (C=O) groups excluding carboxylic acids is 2. The van der Waals surface area contributed by atoms with Gasteiger partial charge in [-0.15, -0.1) is 0 Å². The van der Waals surface area contributed by atoms with Crippen molar-refractivity contribution in [2.45, 2.75) is 20.3 Å². The Kier molecular flexibility index (Phi) is 5.08. The van der Waals surface area contributed by atoms with Gasteiger partial charge in [0.25, 0.3) is 0 Å². The van der Waals surface area contributed by atoms with Crippen LogP contribution in [0.15, 0.2) is 36.4 Å². The Labute approximate surface area is 101 Å². The molecule has 2 aromatic carbocycles. The van der Waals surface area contributed by atoms with Crippen LogP contribution >= 0.6 is 0 Å². The quantitative estimate of drug-likeness (QED) is 0.736. The van der Waals surface area contributed by atoms with Crippen molar-refractivity contribution < 1.29 is 9.59 Å². The highest BCUT2D eigenvalue weighted by Gasteiger charge is 2.00. The minimum Gasteiger partial charge on any atom is -0.303 e. The minimum atomic E-state index is 0.639. The van der Waals surface area contributed by atoms with Gasteiger partial charge in [0.1, 0.15) is 6.29 Å². The van der Waals surface area contributed by atoms with Gasteiger partial charge in [0, 0.05) is 12.0 Å². The number of carbonyl (C=O) groups is 2. The van der Waals surface area contributed by atoms with Gasteiger partial charge in [-0.2, -0.15) is 0 Å². The summed E-state index contributed by atoms with van der Waals surface area (Å²) in [6.45, 7) is 3.86. The molecule has 88 valence electrons. The Balaban J connectivity index is 0.000000317. The van der Waals surface area contributed by atoms with E-state index in [9.17, 15) is 9.59 Å². The zero-order valence-electron chi connectivity index (χ0n) is 10.1. The number of benzene rings is 2. The summed E-state index contributed by atoms with van der Waals surface area (Å²) in [5.74, 6) is 0. The van der Waals surface area contributed by atoms with Gasteiger partial charge in [-0.3, -0.25) is 4.79 Å². The van der Waals surface area contributed by atoms with Gasteiger partial charge in [-0.05, 0) is 23.3 Å². The molecule has 2 heteroatoms. The molecule has 0 aliphatic rings. The van der Waals surface area contributed by atoms with Crippen molar-refractivity contribution in [2.24, 2.45) is 0 Å². The lowest BCUT2D eigenvalue weighted by atomic mass is 10.0. The molecule has 2 aromatic rings. The molecule has 2 rings (SSSR count). The predicted octanol–water partition coefficient (Wildman–Crippen LogP) is 3.56. The van der Waals surface area contributed by atoms with Crippen LogP contribution in [0.5, 0.6) is 0 Å². The maximum Gasteiger partial charge on any atom is 0.150 e. The average Bonchev–Trinajstić information content (AvgIpc) is 2.40. The zero-order valence-corrected chi connectivity index (χ0v) is 10.1. The number of hydrogen-bond donors (Lipinski definition) is 0. The van der Waals surface area contributed by atoms with Crippen molar-refractivity contribution in [3.8, 4) is 0 Å². The molecule has 17 heavy (non-hydrogen) atoms. The molecule has 0 unspecified atom stereocenters. The second-order valence-corrected chi connectivity index (χ2v) is 3.71. The lowest BCUT2D eigenvalue weighted by Gasteiger charge is -2.03. The first-order chi connectivity index (χ1) is 8.24. The van der Waals surface area contributed by atoms with E-state index in [0.717, 1.165) is 28.9 Å². The van der Waals surface area contributed by atoms with Crippen LogP contribution in [0, 0.1) is 6.92 Å². The van der Waals surface area contributed by atoms with E-state index in [4.69, 9.17) is 0 Å². The lowest BCUT2D eigenvalue weighted by Crippen LogP contribution is -1.85. The van der Waals surface area contributed by atoms with Crippen molar-refractivity contribution in [1.29, 1.82) is 0 Å². The van der Waals surface area contributed by atoms with Crippen molar-refractivity contribution in [1.82, 2.24) is 0 Å². The number of hydrogen-bond acceptors (Lipinski definition) is 2. The highest BCUT2D eigenvalue weighted by molar-refractivity contribution is 5.99. The molecule has 0 bridgehead atoms. The summed E-state index contributed by atoms with van der Waals surface area (Å²) in [6, 6.07) is 11.8. The molecular weight excluding hydrogens is 212 g/mol. The number of fused-ring (bicyclic) bond motifs is 1. The molecule has 0 aliphatic carbocycles. The fourth-order valence-electron chi connectivity index (χ4n) is 1.58. The van der Waals surface area contributed by atoms with Crippen LogP contribution in [0.25, 0.3) is 10.8 Å². The Bertz CT molecular complexity index is 515. The highest BCUT2D eigenvalue weighted by Crippen LogP contribution is 2.20. The second-order valence-electron chi connectivity index (χ2n) is 3.71. The molecule has 0 aliphatic heterocycles. The molecule has 0 saturated heterocycles. The predicted molar refractivity (Wildman–Crippen MR) is 70.4 cm³/mol. The van der Waals surface area contributed by atoms with Gasteiger partial charge in [0.05, 0.1) is 0 Å². The van der Waals surface area contributed by atoms with Crippen molar-refractivity contribution in [3.63, 3.8) is 0 Å². The molecule has 0 saturated carbocycles. The summed E-state index contributed by atoms with van der Waals surface area (Å²) in [4.78, 5) is 19.9. The Morgan fingerprint density at radius 3 is 2.12 bits per heavy atom. The molecule has 0 spiro atoms. The van der Waals surface area contributed by atoms with Crippen molar-refractivity contribution in [3.05, 3.63) is 47.5 Å². The van der Waals surface area contributed by atoms with E-state index >= 15 is 0 Å². The molecule has 0 aromatic heterocycles. The lowest BCUT2D eigenvalue weighted by molar-refractivity contribution is -0.107. The van der Waals surface area contributed by atoms with E-state index in [1.807, 2.05) is 43.3 Å². The van der Waals surface area contributed by atoms with Crippen molar-refractivity contribution >= 4 is 23.3 Å². The largest absolute Gasteiger partial charge is 0.303 e. The summed E-state index contributed by atoms with van der Waals surface area (Å²) >= 11 is 0. The molecular formula is C15H16O2. The Morgan fingerprint density at radius 2 is 1.59 bits per heavy atom. The summed E-state index contributed by atoms with van der Waals surface area (Å²) in [7, 11) is 0. The summed E-state index contributed by atoms with van der Waals surface area (Å²) in [6.07, 6.45) is 2.42. The van der Waals surface area contributed by atoms with Gasteiger partial charge in [0.2, 0.25) is 0 Å². The maximum absolute atomic E-state index is 10.7. The maximum atomic E-state index is 10.7. The molecule has 2 nitrogen and oxygen atoms in total. The fraction of sp³-hybridized carbons (Fsp3) is 0.200. The first-order valence-electron chi connectivity index (χ1n) is 5.61. The van der Waals surface area contributed by atoms with Gasteiger partial charge >= 0.3 is 0 Å². The van der Waals surface area contributed by atoms with Crippen LogP contribution in [-0.4, -0.2) is 12.6 Å². The molecule has 0 amide bonds. The van der Waals surface area contributed by atoms with E-state index < -0.39 is 0 Å². The number of rotatable bonds is 2. The normalized spacial score (nSPS) is 9.29. The number of aryl methyl sites for hydroxylation is 1. The molecule has 0 radical (unpaired) electrons. The van der Waals surface area contributed by atoms with Crippen molar-refractivity contribution in [2.75, 3.05) is 0 Å². The fourth-order valence-corrected chi connectivity index (χ4v) is 1.58. The van der Waals surface area contributed by atoms with Crippen LogP contribution in [0.1, 0.15) is 29.3 Å². The smallest absolute Gasteiger partial charge is 0.150 e. The van der Waals surface area contributed by atoms with E-state index in [1.54, 1.807) is 0 Å². The third-order valence-electron chi connectivity index (χ3n) is 2.47. The second kappa shape index (κ2) is 6.59.